The van der Waals surface area contributed by atoms with E-state index in [-0.39, 0.29) is 18.1 Å². The van der Waals surface area contributed by atoms with Crippen LogP contribution in [0.2, 0.25) is 0 Å². The molecular weight excluding hydrogens is 276 g/mol. The van der Waals surface area contributed by atoms with E-state index in [1.54, 1.807) is 11.3 Å². The molecule has 0 aliphatic carbocycles. The summed E-state index contributed by atoms with van der Waals surface area (Å²) in [5.41, 5.74) is 2.40. The van der Waals surface area contributed by atoms with Gasteiger partial charge in [0.25, 0.3) is 0 Å². The molecule has 2 rings (SSSR count). The number of nitrogen functional groups attached to an aromatic ring is 1. The van der Waals surface area contributed by atoms with Crippen molar-refractivity contribution in [3.05, 3.63) is 21.9 Å². The van der Waals surface area contributed by atoms with Gasteiger partial charge in [-0.05, 0) is 32.9 Å². The molecule has 2 heterocycles. The van der Waals surface area contributed by atoms with Crippen molar-refractivity contribution in [2.75, 3.05) is 10.7 Å². The molecule has 0 aliphatic heterocycles. The van der Waals surface area contributed by atoms with E-state index in [0.717, 1.165) is 0 Å². The Morgan fingerprint density at radius 1 is 1.25 bits per heavy atom. The van der Waals surface area contributed by atoms with Crippen LogP contribution in [-0.4, -0.2) is 21.1 Å². The van der Waals surface area contributed by atoms with Crippen molar-refractivity contribution in [1.82, 2.24) is 15.0 Å². The Morgan fingerprint density at radius 3 is 2.60 bits per heavy atom. The smallest absolute Gasteiger partial charge is 0.323 e. The number of hydrazine groups is 1. The van der Waals surface area contributed by atoms with Gasteiger partial charge in [0.05, 0.1) is 12.6 Å². The zero-order valence-electron chi connectivity index (χ0n) is 11.7. The second kappa shape index (κ2) is 6.49. The number of nitrogens with two attached hydrogens (primary N) is 1. The summed E-state index contributed by atoms with van der Waals surface area (Å²) in [6.45, 7) is 6.53. The molecule has 7 nitrogen and oxygen atoms in total. The first kappa shape index (κ1) is 14.5. The molecule has 4 N–H and O–H groups in total. The molecule has 0 amide bonds. The quantitative estimate of drug-likeness (QED) is 0.553. The van der Waals surface area contributed by atoms with Gasteiger partial charge < -0.3 is 10.1 Å². The Balaban J connectivity index is 2.09. The highest BCUT2D eigenvalue weighted by molar-refractivity contribution is 7.11. The molecule has 0 fully saturated rings. The average molecular weight is 294 g/mol. The number of thiophene rings is 1. The van der Waals surface area contributed by atoms with Gasteiger partial charge in [0.2, 0.25) is 11.9 Å². The van der Waals surface area contributed by atoms with Crippen LogP contribution in [0.15, 0.2) is 12.1 Å². The number of hydrogen-bond acceptors (Lipinski definition) is 8. The predicted molar refractivity (Wildman–Crippen MR) is 79.8 cm³/mol. The maximum atomic E-state index is 5.46. The van der Waals surface area contributed by atoms with E-state index in [9.17, 15) is 0 Å². The maximum absolute atomic E-state index is 5.46. The number of ether oxygens (including phenoxy) is 1. The van der Waals surface area contributed by atoms with Crippen molar-refractivity contribution in [3.8, 4) is 6.01 Å². The molecule has 0 aliphatic rings. The number of hydrogen-bond donors (Lipinski definition) is 3. The first-order valence-corrected chi connectivity index (χ1v) is 7.07. The first-order chi connectivity index (χ1) is 9.56. The molecule has 8 heteroatoms. The van der Waals surface area contributed by atoms with Gasteiger partial charge in [-0.2, -0.15) is 15.0 Å². The summed E-state index contributed by atoms with van der Waals surface area (Å²) < 4.78 is 5.46. The molecule has 0 atom stereocenters. The molecule has 0 saturated carbocycles. The monoisotopic (exact) mass is 294 g/mol. The molecule has 0 aromatic carbocycles. The van der Waals surface area contributed by atoms with Gasteiger partial charge in [-0.15, -0.1) is 11.3 Å². The van der Waals surface area contributed by atoms with Crippen molar-refractivity contribution in [1.29, 1.82) is 0 Å². The van der Waals surface area contributed by atoms with E-state index in [2.05, 4.69) is 44.8 Å². The summed E-state index contributed by atoms with van der Waals surface area (Å²) in [6, 6.07) is 4.39. The molecule has 0 radical (unpaired) electrons. The van der Waals surface area contributed by atoms with E-state index in [4.69, 9.17) is 10.6 Å². The van der Waals surface area contributed by atoms with Gasteiger partial charge in [-0.1, -0.05) is 0 Å². The van der Waals surface area contributed by atoms with Crippen LogP contribution in [0.25, 0.3) is 0 Å². The van der Waals surface area contributed by atoms with Gasteiger partial charge in [0.1, 0.15) is 0 Å². The Hall–Kier alpha value is -1.93. The molecule has 2 aromatic heterocycles. The molecule has 2 aromatic rings. The summed E-state index contributed by atoms with van der Waals surface area (Å²) in [5, 5.41) is 3.14. The van der Waals surface area contributed by atoms with E-state index < -0.39 is 0 Å². The highest BCUT2D eigenvalue weighted by Gasteiger charge is 2.08. The third kappa shape index (κ3) is 4.04. The van der Waals surface area contributed by atoms with Crippen LogP contribution >= 0.6 is 11.3 Å². The van der Waals surface area contributed by atoms with E-state index >= 15 is 0 Å². The van der Waals surface area contributed by atoms with Crippen LogP contribution in [-0.2, 0) is 6.54 Å². The van der Waals surface area contributed by atoms with E-state index in [1.165, 1.54) is 9.75 Å². The Bertz CT molecular complexity index is 571. The molecule has 0 saturated heterocycles. The summed E-state index contributed by atoms with van der Waals surface area (Å²) in [4.78, 5) is 14.8. The van der Waals surface area contributed by atoms with Gasteiger partial charge in [-0.25, -0.2) is 5.84 Å². The van der Waals surface area contributed by atoms with Crippen molar-refractivity contribution >= 4 is 23.2 Å². The van der Waals surface area contributed by atoms with Gasteiger partial charge in [0, 0.05) is 9.75 Å². The molecular formula is C12H18N6OS. The average Bonchev–Trinajstić information content (AvgIpc) is 2.81. The standard InChI is InChI=1S/C12H18N6OS/c1-7(2)19-12-16-10(15-11(17-12)18-13)14-6-9-5-4-8(3)20-9/h4-5,7H,6,13H2,1-3H3,(H2,14,15,16,17,18). The minimum atomic E-state index is -0.0178. The van der Waals surface area contributed by atoms with Crippen molar-refractivity contribution in [2.45, 2.75) is 33.4 Å². The Kier molecular flexibility index (Phi) is 4.70. The molecule has 20 heavy (non-hydrogen) atoms. The minimum Gasteiger partial charge on any atom is -0.461 e. The van der Waals surface area contributed by atoms with Crippen molar-refractivity contribution in [2.24, 2.45) is 5.84 Å². The lowest BCUT2D eigenvalue weighted by atomic mass is 10.4. The topological polar surface area (TPSA) is 98.0 Å². The largest absolute Gasteiger partial charge is 0.461 e. The summed E-state index contributed by atoms with van der Waals surface area (Å²) in [5.74, 6) is 6.03. The maximum Gasteiger partial charge on any atom is 0.323 e. The number of anilines is 2. The van der Waals surface area contributed by atoms with Crippen LogP contribution in [0, 0.1) is 6.92 Å². The van der Waals surface area contributed by atoms with E-state index in [1.807, 2.05) is 13.8 Å². The molecule has 108 valence electrons. The highest BCUT2D eigenvalue weighted by Crippen LogP contribution is 2.17. The normalized spacial score (nSPS) is 10.7. The molecule has 0 unspecified atom stereocenters. The van der Waals surface area contributed by atoms with E-state index in [0.29, 0.717) is 12.5 Å². The van der Waals surface area contributed by atoms with Crippen LogP contribution < -0.4 is 21.3 Å². The highest BCUT2D eigenvalue weighted by atomic mass is 32.1. The van der Waals surface area contributed by atoms with Crippen LogP contribution in [0.4, 0.5) is 11.9 Å². The van der Waals surface area contributed by atoms with Crippen LogP contribution in [0.3, 0.4) is 0 Å². The molecule has 0 bridgehead atoms. The zero-order chi connectivity index (χ0) is 14.5. The third-order valence-corrected chi connectivity index (χ3v) is 3.30. The summed E-state index contributed by atoms with van der Waals surface area (Å²) in [6.07, 6.45) is -0.0178. The second-order valence-corrected chi connectivity index (χ2v) is 5.81. The summed E-state index contributed by atoms with van der Waals surface area (Å²) >= 11 is 1.73. The minimum absolute atomic E-state index is 0.0178. The third-order valence-electron chi connectivity index (χ3n) is 2.30. The SMILES string of the molecule is Cc1ccc(CNc2nc(NN)nc(OC(C)C)n2)s1. The number of nitrogens with one attached hydrogen (secondary N) is 2. The summed E-state index contributed by atoms with van der Waals surface area (Å²) in [7, 11) is 0. The van der Waals surface area contributed by atoms with Crippen LogP contribution in [0.5, 0.6) is 6.01 Å². The Labute approximate surface area is 121 Å². The van der Waals surface area contributed by atoms with Crippen LogP contribution in [0.1, 0.15) is 23.6 Å². The van der Waals surface area contributed by atoms with Crippen molar-refractivity contribution in [3.63, 3.8) is 0 Å². The number of rotatable bonds is 6. The van der Waals surface area contributed by atoms with Gasteiger partial charge >= 0.3 is 6.01 Å². The Morgan fingerprint density at radius 2 is 2.00 bits per heavy atom. The van der Waals surface area contributed by atoms with Gasteiger partial charge in [0.15, 0.2) is 0 Å². The lowest BCUT2D eigenvalue weighted by molar-refractivity contribution is 0.222. The fourth-order valence-electron chi connectivity index (χ4n) is 1.51. The number of aryl methyl sites for hydroxylation is 1. The fourth-order valence-corrected chi connectivity index (χ4v) is 2.34. The second-order valence-electron chi connectivity index (χ2n) is 4.44. The fraction of sp³-hybridized carbons (Fsp3) is 0.417. The first-order valence-electron chi connectivity index (χ1n) is 6.25. The number of aromatic nitrogens is 3. The predicted octanol–water partition coefficient (Wildman–Crippen LogP) is 1.93. The molecule has 0 spiro atoms. The van der Waals surface area contributed by atoms with Crippen molar-refractivity contribution < 1.29 is 4.74 Å². The number of nitrogens with zero attached hydrogens (tertiary/aromatic N) is 3. The van der Waals surface area contributed by atoms with Gasteiger partial charge in [-0.3, -0.25) is 5.43 Å². The lowest BCUT2D eigenvalue weighted by Crippen LogP contribution is -2.16. The zero-order valence-corrected chi connectivity index (χ0v) is 12.5. The lowest BCUT2D eigenvalue weighted by Gasteiger charge is -2.10.